The second kappa shape index (κ2) is 6.97. The third kappa shape index (κ3) is 3.82. The molecule has 3 rings (SSSR count). The molecule has 0 unspecified atom stereocenters. The molecular formula is C20H22FN3O. The number of aromatic nitrogens is 1. The van der Waals surface area contributed by atoms with E-state index in [1.54, 1.807) is 6.07 Å². The first-order valence-electron chi connectivity index (χ1n) is 8.23. The van der Waals surface area contributed by atoms with E-state index in [0.29, 0.717) is 6.54 Å². The number of aromatic amines is 1. The van der Waals surface area contributed by atoms with Crippen molar-refractivity contribution in [2.75, 3.05) is 19.0 Å². The van der Waals surface area contributed by atoms with Crippen LogP contribution in [0.5, 0.6) is 0 Å². The Labute approximate surface area is 146 Å². The first-order chi connectivity index (χ1) is 11.9. The van der Waals surface area contributed by atoms with Crippen LogP contribution in [0, 0.1) is 12.7 Å². The predicted molar refractivity (Wildman–Crippen MR) is 99.3 cm³/mol. The fourth-order valence-electron chi connectivity index (χ4n) is 2.92. The van der Waals surface area contributed by atoms with E-state index in [0.717, 1.165) is 33.4 Å². The van der Waals surface area contributed by atoms with Crippen molar-refractivity contribution in [1.29, 1.82) is 0 Å². The second-order valence-electron chi connectivity index (χ2n) is 6.43. The highest BCUT2D eigenvalue weighted by Crippen LogP contribution is 2.23. The molecular weight excluding hydrogens is 317 g/mol. The van der Waals surface area contributed by atoms with Crippen molar-refractivity contribution in [2.24, 2.45) is 0 Å². The third-order valence-electron chi connectivity index (χ3n) is 4.36. The van der Waals surface area contributed by atoms with Gasteiger partial charge in [-0.15, -0.1) is 0 Å². The smallest absolute Gasteiger partial charge is 0.224 e. The Kier molecular flexibility index (Phi) is 4.74. The number of nitrogens with one attached hydrogen (secondary N) is 2. The van der Waals surface area contributed by atoms with Gasteiger partial charge in [-0.2, -0.15) is 0 Å². The topological polar surface area (TPSA) is 48.1 Å². The molecule has 1 amide bonds. The Morgan fingerprint density at radius 2 is 1.88 bits per heavy atom. The Morgan fingerprint density at radius 1 is 1.16 bits per heavy atom. The van der Waals surface area contributed by atoms with Crippen LogP contribution in [0.1, 0.15) is 16.8 Å². The van der Waals surface area contributed by atoms with E-state index in [2.05, 4.69) is 10.3 Å². The summed E-state index contributed by atoms with van der Waals surface area (Å²) in [6.07, 6.45) is 0.227. The fourth-order valence-corrected chi connectivity index (χ4v) is 2.92. The molecule has 0 aliphatic carbocycles. The summed E-state index contributed by atoms with van der Waals surface area (Å²) in [5.41, 5.74) is 4.74. The van der Waals surface area contributed by atoms with Gasteiger partial charge in [-0.3, -0.25) is 4.79 Å². The number of fused-ring (bicyclic) bond motifs is 1. The molecule has 5 heteroatoms. The van der Waals surface area contributed by atoms with Crippen LogP contribution in [-0.2, 0) is 17.8 Å². The monoisotopic (exact) mass is 339 g/mol. The van der Waals surface area contributed by atoms with Gasteiger partial charge >= 0.3 is 0 Å². The van der Waals surface area contributed by atoms with Gasteiger partial charge in [0.2, 0.25) is 5.91 Å². The number of aryl methyl sites for hydroxylation is 1. The van der Waals surface area contributed by atoms with Gasteiger partial charge in [0.1, 0.15) is 5.82 Å². The average Bonchev–Trinajstić information content (AvgIpc) is 2.88. The summed E-state index contributed by atoms with van der Waals surface area (Å²) in [7, 11) is 3.98. The largest absolute Gasteiger partial charge is 0.378 e. The van der Waals surface area contributed by atoms with Crippen LogP contribution in [0.4, 0.5) is 10.1 Å². The van der Waals surface area contributed by atoms with Gasteiger partial charge in [0.25, 0.3) is 0 Å². The molecule has 1 heterocycles. The maximum atomic E-state index is 13.5. The van der Waals surface area contributed by atoms with Gasteiger partial charge in [-0.05, 0) is 48.4 Å². The molecule has 0 atom stereocenters. The Morgan fingerprint density at radius 3 is 2.56 bits per heavy atom. The van der Waals surface area contributed by atoms with Crippen molar-refractivity contribution < 1.29 is 9.18 Å². The number of halogens is 1. The summed E-state index contributed by atoms with van der Waals surface area (Å²) >= 11 is 0. The van der Waals surface area contributed by atoms with Gasteiger partial charge in [0.05, 0.1) is 6.42 Å². The van der Waals surface area contributed by atoms with E-state index >= 15 is 0 Å². The number of anilines is 1. The summed E-state index contributed by atoms with van der Waals surface area (Å²) in [6.45, 7) is 2.38. The highest BCUT2D eigenvalue weighted by molar-refractivity contribution is 5.90. The molecule has 0 bridgehead atoms. The Hall–Kier alpha value is -2.82. The van der Waals surface area contributed by atoms with Gasteiger partial charge in [-0.25, -0.2) is 4.39 Å². The maximum Gasteiger partial charge on any atom is 0.224 e. The van der Waals surface area contributed by atoms with Crippen molar-refractivity contribution >= 4 is 22.5 Å². The van der Waals surface area contributed by atoms with E-state index in [9.17, 15) is 9.18 Å². The second-order valence-corrected chi connectivity index (χ2v) is 6.43. The highest BCUT2D eigenvalue weighted by atomic mass is 19.1. The molecule has 0 aliphatic rings. The van der Waals surface area contributed by atoms with Crippen molar-refractivity contribution in [3.8, 4) is 0 Å². The number of rotatable bonds is 5. The molecule has 2 N–H and O–H groups in total. The van der Waals surface area contributed by atoms with E-state index in [4.69, 9.17) is 0 Å². The number of nitrogens with zero attached hydrogens (tertiary/aromatic N) is 1. The first kappa shape index (κ1) is 17.0. The number of hydrogen-bond acceptors (Lipinski definition) is 2. The summed E-state index contributed by atoms with van der Waals surface area (Å²) in [5, 5.41) is 3.70. The van der Waals surface area contributed by atoms with Gasteiger partial charge in [0.15, 0.2) is 0 Å². The van der Waals surface area contributed by atoms with Gasteiger partial charge in [-0.1, -0.05) is 12.1 Å². The molecule has 0 fully saturated rings. The molecule has 0 saturated heterocycles. The third-order valence-corrected chi connectivity index (χ3v) is 4.36. The Balaban J connectivity index is 1.67. The molecule has 0 radical (unpaired) electrons. The van der Waals surface area contributed by atoms with Crippen molar-refractivity contribution in [3.63, 3.8) is 0 Å². The van der Waals surface area contributed by atoms with Crippen LogP contribution in [0.2, 0.25) is 0 Å². The van der Waals surface area contributed by atoms with E-state index < -0.39 is 0 Å². The lowest BCUT2D eigenvalue weighted by Crippen LogP contribution is -2.24. The lowest BCUT2D eigenvalue weighted by Gasteiger charge is -2.13. The quantitative estimate of drug-likeness (QED) is 0.747. The van der Waals surface area contributed by atoms with Crippen LogP contribution in [0.25, 0.3) is 10.9 Å². The number of hydrogen-bond donors (Lipinski definition) is 2. The summed E-state index contributed by atoms with van der Waals surface area (Å²) in [5.74, 6) is -0.376. The van der Waals surface area contributed by atoms with Gasteiger partial charge < -0.3 is 15.2 Å². The lowest BCUT2D eigenvalue weighted by atomic mass is 10.1. The van der Waals surface area contributed by atoms with Crippen molar-refractivity contribution in [2.45, 2.75) is 19.9 Å². The fraction of sp³-hybridized carbons (Fsp3) is 0.250. The minimum atomic E-state index is -0.297. The highest BCUT2D eigenvalue weighted by Gasteiger charge is 2.13. The minimum absolute atomic E-state index is 0.0788. The average molecular weight is 339 g/mol. The maximum absolute atomic E-state index is 13.5. The zero-order valence-corrected chi connectivity index (χ0v) is 14.7. The van der Waals surface area contributed by atoms with E-state index in [-0.39, 0.29) is 18.1 Å². The number of amides is 1. The molecule has 25 heavy (non-hydrogen) atoms. The number of carbonyl (C=O) groups excluding carboxylic acids is 1. The molecule has 130 valence electrons. The number of carbonyl (C=O) groups is 1. The molecule has 2 aromatic carbocycles. The predicted octanol–water partition coefficient (Wildman–Crippen LogP) is 3.54. The minimum Gasteiger partial charge on any atom is -0.378 e. The summed E-state index contributed by atoms with van der Waals surface area (Å²) in [4.78, 5) is 17.5. The van der Waals surface area contributed by atoms with Crippen LogP contribution >= 0.6 is 0 Å². The molecule has 0 aliphatic heterocycles. The molecule has 1 aromatic heterocycles. The standard InChI is InChI=1S/C20H22FN3O/c1-13-17(18-10-15(21)6-9-19(18)23-13)11-20(25)22-12-14-4-7-16(8-5-14)24(2)3/h4-10,23H,11-12H2,1-3H3,(H,22,25). The molecule has 4 nitrogen and oxygen atoms in total. The molecule has 0 spiro atoms. The van der Waals surface area contributed by atoms with Crippen LogP contribution in [0.15, 0.2) is 42.5 Å². The van der Waals surface area contributed by atoms with E-state index in [1.165, 1.54) is 12.1 Å². The normalized spacial score (nSPS) is 10.9. The van der Waals surface area contributed by atoms with Gasteiger partial charge in [0, 0.05) is 42.9 Å². The summed E-state index contributed by atoms with van der Waals surface area (Å²) in [6, 6.07) is 12.6. The van der Waals surface area contributed by atoms with Crippen LogP contribution in [0.3, 0.4) is 0 Å². The SMILES string of the molecule is Cc1[nH]c2ccc(F)cc2c1CC(=O)NCc1ccc(N(C)C)cc1. The lowest BCUT2D eigenvalue weighted by molar-refractivity contribution is -0.120. The zero-order valence-electron chi connectivity index (χ0n) is 14.7. The van der Waals surface area contributed by atoms with Crippen LogP contribution < -0.4 is 10.2 Å². The van der Waals surface area contributed by atoms with Crippen LogP contribution in [-0.4, -0.2) is 25.0 Å². The first-order valence-corrected chi connectivity index (χ1v) is 8.23. The van der Waals surface area contributed by atoms with Crippen molar-refractivity contribution in [3.05, 3.63) is 65.1 Å². The Bertz CT molecular complexity index is 897. The molecule has 3 aromatic rings. The van der Waals surface area contributed by atoms with E-state index in [1.807, 2.05) is 50.2 Å². The summed E-state index contributed by atoms with van der Waals surface area (Å²) < 4.78 is 13.5. The van der Waals surface area contributed by atoms with Crippen molar-refractivity contribution in [1.82, 2.24) is 10.3 Å². The zero-order chi connectivity index (χ0) is 18.0. The number of H-pyrrole nitrogens is 1. The molecule has 0 saturated carbocycles. The number of benzene rings is 2.